The Morgan fingerprint density at radius 1 is 0.839 bits per heavy atom. The number of anilines is 1. The molecule has 0 radical (unpaired) electrons. The SMILES string of the molecule is CC1(C)OB(c2cccc(NC(=O)c3ccc(-c4ccc(O)cc4)cc3)c2)OC1(C)C. The van der Waals surface area contributed by atoms with Gasteiger partial charge in [-0.15, -0.1) is 0 Å². The summed E-state index contributed by atoms with van der Waals surface area (Å²) in [6.45, 7) is 8.06. The lowest BCUT2D eigenvalue weighted by Crippen LogP contribution is -2.41. The third kappa shape index (κ3) is 4.36. The number of phenolic OH excluding ortho intramolecular Hbond substituents is 1. The van der Waals surface area contributed by atoms with Crippen LogP contribution >= 0.6 is 0 Å². The molecule has 1 saturated heterocycles. The summed E-state index contributed by atoms with van der Waals surface area (Å²) >= 11 is 0. The number of phenols is 1. The van der Waals surface area contributed by atoms with Crippen LogP contribution < -0.4 is 10.8 Å². The fourth-order valence-electron chi connectivity index (χ4n) is 3.41. The molecule has 4 rings (SSSR count). The van der Waals surface area contributed by atoms with Gasteiger partial charge in [-0.3, -0.25) is 4.79 Å². The average molecular weight is 415 g/mol. The topological polar surface area (TPSA) is 67.8 Å². The van der Waals surface area contributed by atoms with Gasteiger partial charge in [0.1, 0.15) is 5.75 Å². The van der Waals surface area contributed by atoms with E-state index in [0.29, 0.717) is 11.3 Å². The van der Waals surface area contributed by atoms with Gasteiger partial charge in [-0.05, 0) is 80.7 Å². The van der Waals surface area contributed by atoms with Crippen molar-refractivity contribution >= 4 is 24.2 Å². The van der Waals surface area contributed by atoms with Gasteiger partial charge in [0.15, 0.2) is 0 Å². The molecular formula is C25H26BNO4. The minimum atomic E-state index is -0.480. The van der Waals surface area contributed by atoms with Gasteiger partial charge in [0, 0.05) is 11.3 Å². The monoisotopic (exact) mass is 415 g/mol. The second-order valence-corrected chi connectivity index (χ2v) is 8.79. The number of aromatic hydroxyl groups is 1. The van der Waals surface area contributed by atoms with Crippen LogP contribution in [0.4, 0.5) is 5.69 Å². The molecule has 3 aromatic rings. The lowest BCUT2D eigenvalue weighted by molar-refractivity contribution is 0.00578. The van der Waals surface area contributed by atoms with Crippen LogP contribution in [0.5, 0.6) is 5.75 Å². The van der Waals surface area contributed by atoms with E-state index in [0.717, 1.165) is 16.6 Å². The third-order valence-corrected chi connectivity index (χ3v) is 6.02. The van der Waals surface area contributed by atoms with Crippen molar-refractivity contribution < 1.29 is 19.2 Å². The van der Waals surface area contributed by atoms with Crippen LogP contribution in [-0.2, 0) is 9.31 Å². The van der Waals surface area contributed by atoms with Crippen molar-refractivity contribution in [2.75, 3.05) is 5.32 Å². The van der Waals surface area contributed by atoms with Crippen molar-refractivity contribution in [1.82, 2.24) is 0 Å². The number of benzene rings is 3. The minimum Gasteiger partial charge on any atom is -0.508 e. The third-order valence-electron chi connectivity index (χ3n) is 6.02. The summed E-state index contributed by atoms with van der Waals surface area (Å²) < 4.78 is 12.2. The lowest BCUT2D eigenvalue weighted by atomic mass is 9.79. The Kier molecular flexibility index (Phi) is 5.37. The van der Waals surface area contributed by atoms with Gasteiger partial charge >= 0.3 is 7.12 Å². The molecule has 5 nitrogen and oxygen atoms in total. The second kappa shape index (κ2) is 7.87. The van der Waals surface area contributed by atoms with Crippen molar-refractivity contribution in [3.05, 3.63) is 78.4 Å². The van der Waals surface area contributed by atoms with Crippen LogP contribution in [0.2, 0.25) is 0 Å². The molecule has 1 aliphatic rings. The maximum absolute atomic E-state index is 12.7. The molecule has 6 heteroatoms. The molecular weight excluding hydrogens is 389 g/mol. The molecule has 0 spiro atoms. The molecule has 0 unspecified atom stereocenters. The summed E-state index contributed by atoms with van der Waals surface area (Å²) in [4.78, 5) is 12.7. The standard InChI is InChI=1S/C25H26BNO4/c1-24(2)25(3,4)31-26(30-24)20-6-5-7-21(16-20)27-23(29)19-10-8-17(9-11-19)18-12-14-22(28)15-13-18/h5-16,28H,1-4H3,(H,27,29). The Morgan fingerprint density at radius 2 is 1.39 bits per heavy atom. The number of carbonyl (C=O) groups is 1. The number of nitrogens with one attached hydrogen (secondary N) is 1. The van der Waals surface area contributed by atoms with E-state index >= 15 is 0 Å². The van der Waals surface area contributed by atoms with E-state index in [1.165, 1.54) is 0 Å². The molecule has 31 heavy (non-hydrogen) atoms. The van der Waals surface area contributed by atoms with E-state index in [1.54, 1.807) is 24.3 Å². The zero-order chi connectivity index (χ0) is 22.2. The highest BCUT2D eigenvalue weighted by molar-refractivity contribution is 6.62. The molecule has 3 aromatic carbocycles. The van der Waals surface area contributed by atoms with E-state index in [-0.39, 0.29) is 11.7 Å². The Balaban J connectivity index is 1.47. The number of hydrogen-bond acceptors (Lipinski definition) is 4. The zero-order valence-electron chi connectivity index (χ0n) is 18.2. The smallest absolute Gasteiger partial charge is 0.494 e. The highest BCUT2D eigenvalue weighted by Gasteiger charge is 2.51. The molecule has 0 atom stereocenters. The van der Waals surface area contributed by atoms with Crippen LogP contribution in [0.3, 0.4) is 0 Å². The number of hydrogen-bond donors (Lipinski definition) is 2. The van der Waals surface area contributed by atoms with Crippen LogP contribution in [-0.4, -0.2) is 29.3 Å². The Hall–Kier alpha value is -3.09. The number of rotatable bonds is 4. The second-order valence-electron chi connectivity index (χ2n) is 8.79. The molecule has 1 aliphatic heterocycles. The molecule has 2 N–H and O–H groups in total. The van der Waals surface area contributed by atoms with Gasteiger partial charge in [0.2, 0.25) is 0 Å². The van der Waals surface area contributed by atoms with Gasteiger partial charge in [-0.1, -0.05) is 36.4 Å². The van der Waals surface area contributed by atoms with Crippen molar-refractivity contribution in [3.63, 3.8) is 0 Å². The average Bonchev–Trinajstić information content (AvgIpc) is 2.96. The zero-order valence-corrected chi connectivity index (χ0v) is 18.2. The van der Waals surface area contributed by atoms with Gasteiger partial charge < -0.3 is 19.7 Å². The first kappa shape index (κ1) is 21.2. The quantitative estimate of drug-likeness (QED) is 0.611. The first-order valence-corrected chi connectivity index (χ1v) is 10.3. The van der Waals surface area contributed by atoms with Crippen molar-refractivity contribution in [2.45, 2.75) is 38.9 Å². The predicted molar refractivity (Wildman–Crippen MR) is 124 cm³/mol. The fraction of sp³-hybridized carbons (Fsp3) is 0.240. The molecule has 0 bridgehead atoms. The van der Waals surface area contributed by atoms with E-state index in [2.05, 4.69) is 5.32 Å². The number of carbonyl (C=O) groups excluding carboxylic acids is 1. The number of amides is 1. The Labute approximate surface area is 183 Å². The van der Waals surface area contributed by atoms with E-state index in [9.17, 15) is 9.90 Å². The van der Waals surface area contributed by atoms with Crippen LogP contribution in [0, 0.1) is 0 Å². The lowest BCUT2D eigenvalue weighted by Gasteiger charge is -2.32. The molecule has 0 aliphatic carbocycles. The summed E-state index contributed by atoms with van der Waals surface area (Å²) in [5, 5.41) is 12.4. The molecule has 0 aromatic heterocycles. The summed E-state index contributed by atoms with van der Waals surface area (Å²) in [5.74, 6) is 0.0332. The Morgan fingerprint density at radius 3 is 1.97 bits per heavy atom. The summed E-state index contributed by atoms with van der Waals surface area (Å²) in [5.41, 5.74) is 3.20. The maximum atomic E-state index is 12.7. The largest absolute Gasteiger partial charge is 0.508 e. The van der Waals surface area contributed by atoms with E-state index in [1.807, 2.05) is 76.2 Å². The van der Waals surface area contributed by atoms with Gasteiger partial charge in [-0.25, -0.2) is 0 Å². The Bertz CT molecular complexity index is 1080. The minimum absolute atomic E-state index is 0.191. The van der Waals surface area contributed by atoms with Crippen molar-refractivity contribution in [3.8, 4) is 16.9 Å². The van der Waals surface area contributed by atoms with Crippen molar-refractivity contribution in [2.24, 2.45) is 0 Å². The molecule has 158 valence electrons. The fourth-order valence-corrected chi connectivity index (χ4v) is 3.41. The van der Waals surface area contributed by atoms with Crippen molar-refractivity contribution in [1.29, 1.82) is 0 Å². The van der Waals surface area contributed by atoms with E-state index < -0.39 is 18.3 Å². The van der Waals surface area contributed by atoms with Gasteiger partial charge in [-0.2, -0.15) is 0 Å². The van der Waals surface area contributed by atoms with Gasteiger partial charge in [0.05, 0.1) is 11.2 Å². The summed E-state index contributed by atoms with van der Waals surface area (Å²) in [6.07, 6.45) is 0. The summed E-state index contributed by atoms with van der Waals surface area (Å²) in [6, 6.07) is 21.9. The van der Waals surface area contributed by atoms with Gasteiger partial charge in [0.25, 0.3) is 5.91 Å². The predicted octanol–water partition coefficient (Wildman–Crippen LogP) is 4.61. The molecule has 1 fully saturated rings. The normalized spacial score (nSPS) is 16.8. The molecule has 0 saturated carbocycles. The summed E-state index contributed by atoms with van der Waals surface area (Å²) in [7, 11) is -0.480. The van der Waals surface area contributed by atoms with Crippen LogP contribution in [0.25, 0.3) is 11.1 Å². The highest BCUT2D eigenvalue weighted by Crippen LogP contribution is 2.36. The maximum Gasteiger partial charge on any atom is 0.494 e. The van der Waals surface area contributed by atoms with E-state index in [4.69, 9.17) is 9.31 Å². The van der Waals surface area contributed by atoms with Crippen LogP contribution in [0.15, 0.2) is 72.8 Å². The van der Waals surface area contributed by atoms with Crippen LogP contribution in [0.1, 0.15) is 38.1 Å². The first-order chi connectivity index (χ1) is 14.6. The molecule has 1 heterocycles. The highest BCUT2D eigenvalue weighted by atomic mass is 16.7. The first-order valence-electron chi connectivity index (χ1n) is 10.3. The molecule has 1 amide bonds.